The summed E-state index contributed by atoms with van der Waals surface area (Å²) >= 11 is 6.74. The van der Waals surface area contributed by atoms with Gasteiger partial charge in [-0.25, -0.2) is 9.59 Å². The second kappa shape index (κ2) is 11.1. The first kappa shape index (κ1) is 30.7. The molecule has 0 saturated carbocycles. The molecular weight excluding hydrogens is 516 g/mol. The van der Waals surface area contributed by atoms with Gasteiger partial charge in [0.05, 0.1) is 28.5 Å². The lowest BCUT2D eigenvalue weighted by Crippen LogP contribution is -2.59. The van der Waals surface area contributed by atoms with E-state index < -0.39 is 38.1 Å². The summed E-state index contributed by atoms with van der Waals surface area (Å²) in [6.45, 7) is 16.6. The number of ether oxygens (including phenoxy) is 1. The molecule has 0 aliphatic carbocycles. The highest BCUT2D eigenvalue weighted by Crippen LogP contribution is 2.41. The summed E-state index contributed by atoms with van der Waals surface area (Å²) < 4.78 is 12.0. The molecule has 3 amide bonds. The van der Waals surface area contributed by atoms with Crippen molar-refractivity contribution >= 4 is 49.4 Å². The summed E-state index contributed by atoms with van der Waals surface area (Å²) in [6.07, 6.45) is -1.71. The molecule has 1 aromatic carbocycles. The lowest BCUT2D eigenvalue weighted by molar-refractivity contribution is 0.0561. The van der Waals surface area contributed by atoms with Crippen molar-refractivity contribution in [3.63, 3.8) is 0 Å². The zero-order chi connectivity index (χ0) is 28.5. The van der Waals surface area contributed by atoms with Gasteiger partial charge in [-0.05, 0) is 57.5 Å². The number of piperidine rings is 1. The maximum Gasteiger partial charge on any atom is 0.412 e. The minimum atomic E-state index is -2.27. The lowest BCUT2D eigenvalue weighted by Gasteiger charge is -2.47. The zero-order valence-electron chi connectivity index (χ0n) is 23.3. The van der Waals surface area contributed by atoms with Gasteiger partial charge in [0.2, 0.25) is 5.91 Å². The molecule has 1 saturated heterocycles. The normalized spacial score (nSPS) is 18.8. The Morgan fingerprint density at radius 1 is 1.19 bits per heavy atom. The molecule has 2 rings (SSSR count). The fraction of sp³-hybridized carbons (Fsp3) is 0.640. The van der Waals surface area contributed by atoms with Crippen molar-refractivity contribution in [1.82, 2.24) is 4.90 Å². The Morgan fingerprint density at radius 3 is 2.27 bits per heavy atom. The summed E-state index contributed by atoms with van der Waals surface area (Å²) in [7, 11) is -0.720. The van der Waals surface area contributed by atoms with Crippen LogP contribution in [0.15, 0.2) is 12.1 Å². The molecule has 1 aromatic rings. The largest absolute Gasteiger partial charge is 0.465 e. The fourth-order valence-electron chi connectivity index (χ4n) is 3.86. The number of hydrogen-bond acceptors (Lipinski definition) is 6. The minimum absolute atomic E-state index is 0.0876. The molecule has 2 atom stereocenters. The van der Waals surface area contributed by atoms with Crippen LogP contribution in [0.1, 0.15) is 58.3 Å². The van der Waals surface area contributed by atoms with Gasteiger partial charge in [0, 0.05) is 25.7 Å². The molecule has 4 N–H and O–H groups in total. The number of halogens is 1. The maximum atomic E-state index is 12.4. The van der Waals surface area contributed by atoms with Crippen LogP contribution in [-0.2, 0) is 9.16 Å². The molecule has 37 heavy (non-hydrogen) atoms. The molecule has 0 radical (unpaired) electrons. The van der Waals surface area contributed by atoms with Crippen LogP contribution >= 0.6 is 11.6 Å². The smallest absolute Gasteiger partial charge is 0.412 e. The van der Waals surface area contributed by atoms with Crippen LogP contribution in [0, 0.1) is 0 Å². The summed E-state index contributed by atoms with van der Waals surface area (Å²) in [5.74, 6) is -0.681. The first-order valence-electron chi connectivity index (χ1n) is 12.3. The number of nitrogens with one attached hydrogen (secondary N) is 1. The highest BCUT2D eigenvalue weighted by atomic mass is 35.5. The highest BCUT2D eigenvalue weighted by Gasteiger charge is 2.44. The number of hydrogen-bond donors (Lipinski definition) is 3. The van der Waals surface area contributed by atoms with E-state index >= 15 is 0 Å². The van der Waals surface area contributed by atoms with Crippen molar-refractivity contribution in [2.45, 2.75) is 83.8 Å². The topological polar surface area (TPSA) is 134 Å². The van der Waals surface area contributed by atoms with Crippen molar-refractivity contribution in [2.75, 3.05) is 30.4 Å². The molecule has 208 valence electrons. The first-order valence-corrected chi connectivity index (χ1v) is 15.5. The predicted molar refractivity (Wildman–Crippen MR) is 148 cm³/mol. The Morgan fingerprint density at radius 2 is 1.78 bits per heavy atom. The molecule has 10 nitrogen and oxygen atoms in total. The van der Waals surface area contributed by atoms with Gasteiger partial charge in [0.15, 0.2) is 8.32 Å². The van der Waals surface area contributed by atoms with Gasteiger partial charge in [-0.2, -0.15) is 0 Å². The number of carboxylic acid groups (broad SMARTS) is 1. The average Bonchev–Trinajstić information content (AvgIpc) is 2.72. The fourth-order valence-corrected chi connectivity index (χ4v) is 5.48. The van der Waals surface area contributed by atoms with Crippen molar-refractivity contribution < 1.29 is 28.7 Å². The number of nitrogens with two attached hydrogens (primary N) is 1. The Bertz CT molecular complexity index is 1040. The van der Waals surface area contributed by atoms with E-state index in [2.05, 4.69) is 39.2 Å². The van der Waals surface area contributed by atoms with E-state index in [1.807, 2.05) is 4.90 Å². The summed E-state index contributed by atoms with van der Waals surface area (Å²) in [4.78, 5) is 39.6. The number of primary amides is 1. The third-order valence-corrected chi connectivity index (χ3v) is 11.8. The summed E-state index contributed by atoms with van der Waals surface area (Å²) in [5.41, 5.74) is 5.70. The lowest BCUT2D eigenvalue weighted by atomic mass is 9.99. The van der Waals surface area contributed by atoms with Crippen LogP contribution in [0.5, 0.6) is 0 Å². The SMILES string of the molecule is CN(C(=O)O)[C@H]1CCN(c2cc(C(N)=O)cc(NC(=O)OC(C)(C)C)c2Cl)C[C@@H]1O[Si](C)(C)C(C)(C)C. The van der Waals surface area contributed by atoms with Gasteiger partial charge < -0.3 is 29.8 Å². The second-order valence-electron chi connectivity index (χ2n) is 12.0. The number of anilines is 2. The average molecular weight is 557 g/mol. The number of carbonyl (C=O) groups excluding carboxylic acids is 2. The molecule has 1 heterocycles. The van der Waals surface area contributed by atoms with Crippen LogP contribution in [0.4, 0.5) is 21.0 Å². The van der Waals surface area contributed by atoms with E-state index in [0.717, 1.165) is 0 Å². The van der Waals surface area contributed by atoms with E-state index in [9.17, 15) is 19.5 Å². The monoisotopic (exact) mass is 556 g/mol. The Balaban J connectivity index is 2.48. The molecule has 0 unspecified atom stereocenters. The number of amides is 3. The van der Waals surface area contributed by atoms with E-state index in [1.54, 1.807) is 33.9 Å². The molecule has 12 heteroatoms. The Labute approximate surface area is 225 Å². The number of nitrogens with zero attached hydrogens (tertiary/aromatic N) is 2. The number of likely N-dealkylation sites (N-methyl/N-ethyl adjacent to an activating group) is 1. The van der Waals surface area contributed by atoms with Gasteiger partial charge in [0.1, 0.15) is 5.60 Å². The van der Waals surface area contributed by atoms with E-state index in [0.29, 0.717) is 25.2 Å². The zero-order valence-corrected chi connectivity index (χ0v) is 25.0. The van der Waals surface area contributed by atoms with Crippen molar-refractivity contribution in [2.24, 2.45) is 5.73 Å². The number of benzene rings is 1. The summed E-state index contributed by atoms with van der Waals surface area (Å²) in [5, 5.41) is 12.4. The van der Waals surface area contributed by atoms with Crippen LogP contribution < -0.4 is 16.0 Å². The molecular formula is C25H41ClN4O6Si. The number of carbonyl (C=O) groups is 3. The third kappa shape index (κ3) is 7.75. The van der Waals surface area contributed by atoms with Crippen LogP contribution in [-0.4, -0.2) is 74.3 Å². The summed E-state index contributed by atoms with van der Waals surface area (Å²) in [6, 6.07) is 2.63. The Hall–Kier alpha value is -2.50. The standard InChI is InChI=1S/C25H41ClN4O6Si/c1-24(2,3)35-22(32)28-16-12-15(21(27)31)13-18(20(16)26)30-11-10-17(29(7)23(33)34)19(14-30)36-37(8,9)25(4,5)6/h12-13,17,19H,10-11,14H2,1-9H3,(H2,27,31)(H,28,32)(H,33,34)/t17-,19-/m0/s1. The molecule has 1 aliphatic heterocycles. The molecule has 1 fully saturated rings. The van der Waals surface area contributed by atoms with Gasteiger partial charge >= 0.3 is 12.2 Å². The van der Waals surface area contributed by atoms with Crippen LogP contribution in [0.3, 0.4) is 0 Å². The van der Waals surface area contributed by atoms with Crippen LogP contribution in [0.2, 0.25) is 23.2 Å². The van der Waals surface area contributed by atoms with Gasteiger partial charge in [-0.15, -0.1) is 0 Å². The molecule has 0 aromatic heterocycles. The van der Waals surface area contributed by atoms with Crippen molar-refractivity contribution in [1.29, 1.82) is 0 Å². The van der Waals surface area contributed by atoms with E-state index in [-0.39, 0.29) is 27.4 Å². The quantitative estimate of drug-likeness (QED) is 0.401. The van der Waals surface area contributed by atoms with Gasteiger partial charge in [0.25, 0.3) is 0 Å². The first-order chi connectivity index (χ1) is 16.7. The predicted octanol–water partition coefficient (Wildman–Crippen LogP) is 5.36. The molecule has 0 bridgehead atoms. The Kier molecular flexibility index (Phi) is 9.20. The number of rotatable bonds is 6. The molecule has 0 spiro atoms. The maximum absolute atomic E-state index is 12.4. The van der Waals surface area contributed by atoms with Crippen molar-refractivity contribution in [3.05, 3.63) is 22.7 Å². The third-order valence-electron chi connectivity index (χ3n) is 6.89. The van der Waals surface area contributed by atoms with Gasteiger partial charge in [-0.1, -0.05) is 32.4 Å². The van der Waals surface area contributed by atoms with Crippen LogP contribution in [0.25, 0.3) is 0 Å². The minimum Gasteiger partial charge on any atom is -0.465 e. The molecule has 1 aliphatic rings. The van der Waals surface area contributed by atoms with E-state index in [4.69, 9.17) is 26.5 Å². The second-order valence-corrected chi connectivity index (χ2v) is 17.1. The highest BCUT2D eigenvalue weighted by molar-refractivity contribution is 6.74. The van der Waals surface area contributed by atoms with Crippen molar-refractivity contribution in [3.8, 4) is 0 Å². The van der Waals surface area contributed by atoms with Gasteiger partial charge in [-0.3, -0.25) is 10.1 Å². The van der Waals surface area contributed by atoms with E-state index in [1.165, 1.54) is 11.0 Å².